The minimum Gasteiger partial charge on any atom is -0.274 e. The van der Waals surface area contributed by atoms with Crippen LogP contribution in [0.4, 0.5) is 0 Å². The predicted octanol–water partition coefficient (Wildman–Crippen LogP) is 2.45. The van der Waals surface area contributed by atoms with Crippen LogP contribution in [0, 0.1) is 17.8 Å². The average molecular weight is 287 g/mol. The van der Waals surface area contributed by atoms with Crippen LogP contribution in [-0.2, 0) is 14.8 Å². The van der Waals surface area contributed by atoms with Crippen LogP contribution < -0.4 is 4.72 Å². The van der Waals surface area contributed by atoms with Crippen LogP contribution in [0.2, 0.25) is 0 Å². The summed E-state index contributed by atoms with van der Waals surface area (Å²) in [6.45, 7) is 4.50. The van der Waals surface area contributed by atoms with Crippen LogP contribution in [0.3, 0.4) is 0 Å². The zero-order valence-corrected chi connectivity index (χ0v) is 12.7. The Hall–Kier alpha value is -0.580. The number of nitrogens with one attached hydrogen (secondary N) is 1. The standard InChI is InChI=1S/C14H25NO3S/c1-10(2)12-5-3-11(4-6-12)9-14(16)15-19(17,18)13-7-8-13/h10-13H,3-9H2,1-2H3,(H,15,16). The zero-order valence-electron chi connectivity index (χ0n) is 11.9. The van der Waals surface area contributed by atoms with Gasteiger partial charge in [0.05, 0.1) is 5.25 Å². The molecule has 0 aliphatic heterocycles. The first kappa shape index (κ1) is 14.8. The van der Waals surface area contributed by atoms with Gasteiger partial charge in [0, 0.05) is 6.42 Å². The molecule has 0 spiro atoms. The van der Waals surface area contributed by atoms with Gasteiger partial charge in [-0.2, -0.15) is 0 Å². The fourth-order valence-corrected chi connectivity index (χ4v) is 4.31. The molecule has 0 heterocycles. The van der Waals surface area contributed by atoms with E-state index in [2.05, 4.69) is 18.6 Å². The molecule has 2 saturated carbocycles. The zero-order chi connectivity index (χ0) is 14.0. The lowest BCUT2D eigenvalue weighted by molar-refractivity contribution is -0.120. The van der Waals surface area contributed by atoms with Crippen molar-refractivity contribution in [1.29, 1.82) is 0 Å². The van der Waals surface area contributed by atoms with Crippen LogP contribution in [-0.4, -0.2) is 19.6 Å². The number of carbonyl (C=O) groups is 1. The number of amides is 1. The van der Waals surface area contributed by atoms with E-state index in [-0.39, 0.29) is 11.2 Å². The normalized spacial score (nSPS) is 28.4. The molecule has 2 rings (SSSR count). The Morgan fingerprint density at radius 2 is 1.68 bits per heavy atom. The Balaban J connectivity index is 1.75. The molecule has 19 heavy (non-hydrogen) atoms. The highest BCUT2D eigenvalue weighted by atomic mass is 32.2. The van der Waals surface area contributed by atoms with E-state index in [0.29, 0.717) is 31.1 Å². The van der Waals surface area contributed by atoms with E-state index < -0.39 is 10.0 Å². The summed E-state index contributed by atoms with van der Waals surface area (Å²) in [7, 11) is -3.36. The molecule has 0 aromatic heterocycles. The molecule has 0 atom stereocenters. The average Bonchev–Trinajstić information content (AvgIpc) is 3.12. The van der Waals surface area contributed by atoms with Gasteiger partial charge in [-0.1, -0.05) is 13.8 Å². The van der Waals surface area contributed by atoms with Gasteiger partial charge in [0.2, 0.25) is 15.9 Å². The van der Waals surface area contributed by atoms with Gasteiger partial charge in [0.1, 0.15) is 0 Å². The van der Waals surface area contributed by atoms with E-state index in [1.54, 1.807) is 0 Å². The SMILES string of the molecule is CC(C)C1CCC(CC(=O)NS(=O)(=O)C2CC2)CC1. The molecule has 0 radical (unpaired) electrons. The second-order valence-electron chi connectivity index (χ2n) is 6.50. The van der Waals surface area contributed by atoms with Gasteiger partial charge in [-0.05, 0) is 56.3 Å². The lowest BCUT2D eigenvalue weighted by Gasteiger charge is -2.30. The third-order valence-electron chi connectivity index (χ3n) is 4.53. The largest absolute Gasteiger partial charge is 0.274 e. The van der Waals surface area contributed by atoms with Gasteiger partial charge in [0.15, 0.2) is 0 Å². The number of carbonyl (C=O) groups excluding carboxylic acids is 1. The molecule has 0 bridgehead atoms. The van der Waals surface area contributed by atoms with E-state index in [1.165, 1.54) is 12.8 Å². The highest BCUT2D eigenvalue weighted by Crippen LogP contribution is 2.35. The van der Waals surface area contributed by atoms with Crippen LogP contribution in [0.5, 0.6) is 0 Å². The van der Waals surface area contributed by atoms with Crippen molar-refractivity contribution in [3.63, 3.8) is 0 Å². The number of rotatable bonds is 5. The molecule has 0 aromatic carbocycles. The lowest BCUT2D eigenvalue weighted by Crippen LogP contribution is -2.35. The Kier molecular flexibility index (Phi) is 4.54. The Bertz CT molecular complexity index is 418. The Morgan fingerprint density at radius 3 is 2.16 bits per heavy atom. The van der Waals surface area contributed by atoms with E-state index in [4.69, 9.17) is 0 Å². The summed E-state index contributed by atoms with van der Waals surface area (Å²) >= 11 is 0. The van der Waals surface area contributed by atoms with Crippen LogP contribution >= 0.6 is 0 Å². The summed E-state index contributed by atoms with van der Waals surface area (Å²) in [5.74, 6) is 1.55. The van der Waals surface area contributed by atoms with E-state index in [9.17, 15) is 13.2 Å². The molecule has 0 unspecified atom stereocenters. The Labute approximate surface area is 116 Å². The van der Waals surface area contributed by atoms with Crippen LogP contribution in [0.25, 0.3) is 0 Å². The van der Waals surface area contributed by atoms with Gasteiger partial charge >= 0.3 is 0 Å². The first-order chi connectivity index (χ1) is 8.88. The van der Waals surface area contributed by atoms with Gasteiger partial charge in [-0.3, -0.25) is 9.52 Å². The van der Waals surface area contributed by atoms with E-state index in [0.717, 1.165) is 18.8 Å². The molecule has 0 saturated heterocycles. The smallest absolute Gasteiger partial charge is 0.237 e. The van der Waals surface area contributed by atoms with Crippen molar-refractivity contribution < 1.29 is 13.2 Å². The lowest BCUT2D eigenvalue weighted by atomic mass is 9.76. The number of hydrogen-bond donors (Lipinski definition) is 1. The summed E-state index contributed by atoms with van der Waals surface area (Å²) in [4.78, 5) is 11.8. The third kappa shape index (κ3) is 4.20. The predicted molar refractivity (Wildman–Crippen MR) is 75.0 cm³/mol. The molecule has 2 fully saturated rings. The summed E-state index contributed by atoms with van der Waals surface area (Å²) in [6, 6.07) is 0. The molecule has 2 aliphatic carbocycles. The van der Waals surface area contributed by atoms with Crippen molar-refractivity contribution in [2.24, 2.45) is 17.8 Å². The molecular weight excluding hydrogens is 262 g/mol. The summed E-state index contributed by atoms with van der Waals surface area (Å²) in [6.07, 6.45) is 6.22. The summed E-state index contributed by atoms with van der Waals surface area (Å²) in [5.41, 5.74) is 0. The van der Waals surface area contributed by atoms with Crippen molar-refractivity contribution >= 4 is 15.9 Å². The maximum absolute atomic E-state index is 11.8. The van der Waals surface area contributed by atoms with E-state index in [1.807, 2.05) is 0 Å². The van der Waals surface area contributed by atoms with Crippen molar-refractivity contribution in [2.75, 3.05) is 0 Å². The fourth-order valence-electron chi connectivity index (χ4n) is 2.98. The van der Waals surface area contributed by atoms with Gasteiger partial charge in [-0.15, -0.1) is 0 Å². The maximum Gasteiger partial charge on any atom is 0.237 e. The quantitative estimate of drug-likeness (QED) is 0.844. The fraction of sp³-hybridized carbons (Fsp3) is 0.929. The number of hydrogen-bond acceptors (Lipinski definition) is 3. The topological polar surface area (TPSA) is 63.2 Å². The molecule has 4 nitrogen and oxygen atoms in total. The van der Waals surface area contributed by atoms with Gasteiger partial charge in [-0.25, -0.2) is 8.42 Å². The van der Waals surface area contributed by atoms with Crippen molar-refractivity contribution in [2.45, 2.75) is 64.0 Å². The molecule has 0 aromatic rings. The highest BCUT2D eigenvalue weighted by Gasteiger charge is 2.37. The molecular formula is C14H25NO3S. The Morgan fingerprint density at radius 1 is 1.11 bits per heavy atom. The number of sulfonamides is 1. The third-order valence-corrected chi connectivity index (χ3v) is 6.39. The molecule has 110 valence electrons. The second kappa shape index (κ2) is 5.81. The van der Waals surface area contributed by atoms with E-state index >= 15 is 0 Å². The van der Waals surface area contributed by atoms with Crippen molar-refractivity contribution in [3.05, 3.63) is 0 Å². The summed E-state index contributed by atoms with van der Waals surface area (Å²) < 4.78 is 25.5. The minimum absolute atomic E-state index is 0.306. The molecule has 5 heteroatoms. The molecule has 1 N–H and O–H groups in total. The monoisotopic (exact) mass is 287 g/mol. The van der Waals surface area contributed by atoms with Crippen LogP contribution in [0.1, 0.15) is 58.8 Å². The van der Waals surface area contributed by atoms with Crippen molar-refractivity contribution in [3.8, 4) is 0 Å². The first-order valence-electron chi connectivity index (χ1n) is 7.43. The second-order valence-corrected chi connectivity index (χ2v) is 8.46. The summed E-state index contributed by atoms with van der Waals surface area (Å²) in [5, 5.41) is -0.312. The molecule has 2 aliphatic rings. The van der Waals surface area contributed by atoms with Gasteiger partial charge < -0.3 is 0 Å². The molecule has 1 amide bonds. The van der Waals surface area contributed by atoms with Gasteiger partial charge in [0.25, 0.3) is 0 Å². The van der Waals surface area contributed by atoms with Crippen LogP contribution in [0.15, 0.2) is 0 Å². The highest BCUT2D eigenvalue weighted by molar-refractivity contribution is 7.90. The minimum atomic E-state index is -3.36. The van der Waals surface area contributed by atoms with Crippen molar-refractivity contribution in [1.82, 2.24) is 4.72 Å². The maximum atomic E-state index is 11.8. The first-order valence-corrected chi connectivity index (χ1v) is 8.97.